The van der Waals surface area contributed by atoms with Gasteiger partial charge in [-0.2, -0.15) is 0 Å². The highest BCUT2D eigenvalue weighted by Crippen LogP contribution is 2.30. The predicted molar refractivity (Wildman–Crippen MR) is 86.9 cm³/mol. The number of hydrogen-bond donors (Lipinski definition) is 0. The van der Waals surface area contributed by atoms with Gasteiger partial charge in [-0.3, -0.25) is 4.57 Å². The SMILES string of the molecule is COc1ccc(-n2c(CCl)nc3cccc(C)c32)cc1Cl. The van der Waals surface area contributed by atoms with Crippen molar-refractivity contribution in [1.82, 2.24) is 9.55 Å². The summed E-state index contributed by atoms with van der Waals surface area (Å²) in [5.74, 6) is 1.77. The van der Waals surface area contributed by atoms with Gasteiger partial charge >= 0.3 is 0 Å². The number of fused-ring (bicyclic) bond motifs is 1. The molecule has 0 amide bonds. The Bertz CT molecular complexity index is 811. The van der Waals surface area contributed by atoms with Gasteiger partial charge in [-0.1, -0.05) is 23.7 Å². The third-order valence-corrected chi connectivity index (χ3v) is 4.00. The van der Waals surface area contributed by atoms with Crippen molar-refractivity contribution >= 4 is 34.2 Å². The number of imidazole rings is 1. The van der Waals surface area contributed by atoms with E-state index in [-0.39, 0.29) is 0 Å². The topological polar surface area (TPSA) is 27.1 Å². The Hall–Kier alpha value is -1.71. The molecule has 0 saturated heterocycles. The molecule has 0 unspecified atom stereocenters. The molecule has 0 fully saturated rings. The van der Waals surface area contributed by atoms with E-state index in [9.17, 15) is 0 Å². The lowest BCUT2D eigenvalue weighted by molar-refractivity contribution is 0.415. The summed E-state index contributed by atoms with van der Waals surface area (Å²) >= 11 is 12.3. The average molecular weight is 321 g/mol. The molecule has 1 aromatic heterocycles. The summed E-state index contributed by atoms with van der Waals surface area (Å²) in [7, 11) is 1.60. The van der Waals surface area contributed by atoms with Crippen molar-refractivity contribution in [1.29, 1.82) is 0 Å². The first-order valence-corrected chi connectivity index (χ1v) is 7.43. The van der Waals surface area contributed by atoms with E-state index in [2.05, 4.69) is 18.0 Å². The molecule has 0 saturated carbocycles. The molecule has 3 aromatic rings. The number of methoxy groups -OCH3 is 1. The largest absolute Gasteiger partial charge is 0.495 e. The summed E-state index contributed by atoms with van der Waals surface area (Å²) in [6.07, 6.45) is 0. The van der Waals surface area contributed by atoms with Crippen LogP contribution >= 0.6 is 23.2 Å². The van der Waals surface area contributed by atoms with Gasteiger partial charge < -0.3 is 4.74 Å². The van der Waals surface area contributed by atoms with Gasteiger partial charge in [-0.05, 0) is 36.8 Å². The number of rotatable bonds is 3. The molecule has 0 atom stereocenters. The molecule has 1 heterocycles. The molecule has 21 heavy (non-hydrogen) atoms. The highest BCUT2D eigenvalue weighted by atomic mass is 35.5. The molecule has 0 aliphatic rings. The van der Waals surface area contributed by atoms with Gasteiger partial charge in [0.25, 0.3) is 0 Å². The number of benzene rings is 2. The van der Waals surface area contributed by atoms with Crippen LogP contribution in [0, 0.1) is 6.92 Å². The van der Waals surface area contributed by atoms with E-state index in [4.69, 9.17) is 27.9 Å². The maximum Gasteiger partial charge on any atom is 0.137 e. The van der Waals surface area contributed by atoms with Gasteiger partial charge in [-0.25, -0.2) is 4.98 Å². The molecule has 0 aliphatic carbocycles. The quantitative estimate of drug-likeness (QED) is 0.652. The van der Waals surface area contributed by atoms with Crippen LogP contribution in [-0.4, -0.2) is 16.7 Å². The normalized spacial score (nSPS) is 11.0. The van der Waals surface area contributed by atoms with Gasteiger partial charge in [0.05, 0.1) is 29.0 Å². The molecule has 3 rings (SSSR count). The summed E-state index contributed by atoms with van der Waals surface area (Å²) in [4.78, 5) is 4.60. The molecule has 0 N–H and O–H groups in total. The van der Waals surface area contributed by atoms with Crippen molar-refractivity contribution in [2.75, 3.05) is 7.11 Å². The second kappa shape index (κ2) is 5.58. The van der Waals surface area contributed by atoms with E-state index in [1.54, 1.807) is 7.11 Å². The van der Waals surface area contributed by atoms with Gasteiger partial charge in [0.2, 0.25) is 0 Å². The Balaban J connectivity index is 2.30. The minimum Gasteiger partial charge on any atom is -0.495 e. The first kappa shape index (κ1) is 14.2. The summed E-state index contributed by atoms with van der Waals surface area (Å²) in [5.41, 5.74) is 4.04. The number of ether oxygens (including phenoxy) is 1. The van der Waals surface area contributed by atoms with Crippen LogP contribution in [0.4, 0.5) is 0 Å². The molecule has 0 bridgehead atoms. The van der Waals surface area contributed by atoms with Crippen LogP contribution in [0.1, 0.15) is 11.4 Å². The lowest BCUT2D eigenvalue weighted by Gasteiger charge is -2.11. The maximum absolute atomic E-state index is 6.24. The standard InChI is InChI=1S/C16H14Cl2N2O/c1-10-4-3-5-13-16(10)20(15(9-17)19-13)11-6-7-14(21-2)12(18)8-11/h3-8H,9H2,1-2H3. The second-order valence-electron chi connectivity index (χ2n) is 4.76. The Labute approximate surface area is 133 Å². The number of alkyl halides is 1. The van der Waals surface area contributed by atoms with Crippen molar-refractivity contribution in [2.45, 2.75) is 12.8 Å². The summed E-state index contributed by atoms with van der Waals surface area (Å²) in [6.45, 7) is 2.06. The summed E-state index contributed by atoms with van der Waals surface area (Å²) in [5, 5.41) is 0.561. The number of aryl methyl sites for hydroxylation is 1. The fraction of sp³-hybridized carbons (Fsp3) is 0.188. The number of aromatic nitrogens is 2. The highest BCUT2D eigenvalue weighted by molar-refractivity contribution is 6.32. The van der Waals surface area contributed by atoms with Crippen molar-refractivity contribution in [2.24, 2.45) is 0 Å². The van der Waals surface area contributed by atoms with Crippen LogP contribution in [0.5, 0.6) is 5.75 Å². The van der Waals surface area contributed by atoms with Gasteiger partial charge in [0.15, 0.2) is 0 Å². The zero-order valence-corrected chi connectivity index (χ0v) is 13.2. The average Bonchev–Trinajstić information content (AvgIpc) is 2.87. The third-order valence-electron chi connectivity index (χ3n) is 3.46. The molecule has 0 radical (unpaired) electrons. The highest BCUT2D eigenvalue weighted by Gasteiger charge is 2.14. The van der Waals surface area contributed by atoms with E-state index < -0.39 is 0 Å². The maximum atomic E-state index is 6.24. The Kier molecular flexibility index (Phi) is 3.79. The Morgan fingerprint density at radius 2 is 2.05 bits per heavy atom. The van der Waals surface area contributed by atoms with E-state index in [0.717, 1.165) is 28.1 Å². The molecule has 3 nitrogen and oxygen atoms in total. The number of para-hydroxylation sites is 1. The van der Waals surface area contributed by atoms with E-state index in [0.29, 0.717) is 16.7 Å². The van der Waals surface area contributed by atoms with Crippen molar-refractivity contribution in [3.63, 3.8) is 0 Å². The molecule has 5 heteroatoms. The number of halogens is 2. The van der Waals surface area contributed by atoms with Crippen molar-refractivity contribution in [3.8, 4) is 11.4 Å². The van der Waals surface area contributed by atoms with Crippen LogP contribution in [0.2, 0.25) is 5.02 Å². The molecule has 0 spiro atoms. The Morgan fingerprint density at radius 3 is 2.71 bits per heavy atom. The third kappa shape index (κ3) is 2.37. The lowest BCUT2D eigenvalue weighted by Crippen LogP contribution is -2.00. The summed E-state index contributed by atoms with van der Waals surface area (Å²) < 4.78 is 7.25. The monoisotopic (exact) mass is 320 g/mol. The van der Waals surface area contributed by atoms with E-state index in [1.165, 1.54) is 0 Å². The Morgan fingerprint density at radius 1 is 1.24 bits per heavy atom. The van der Waals surface area contributed by atoms with Crippen LogP contribution in [0.3, 0.4) is 0 Å². The van der Waals surface area contributed by atoms with Crippen molar-refractivity contribution < 1.29 is 4.74 Å². The van der Waals surface area contributed by atoms with Crippen LogP contribution in [0.15, 0.2) is 36.4 Å². The molecular formula is C16H14Cl2N2O. The first-order chi connectivity index (χ1) is 10.2. The second-order valence-corrected chi connectivity index (χ2v) is 5.43. The van der Waals surface area contributed by atoms with Gasteiger partial charge in [0, 0.05) is 5.69 Å². The van der Waals surface area contributed by atoms with Crippen LogP contribution in [-0.2, 0) is 5.88 Å². The minimum absolute atomic E-state index is 0.331. The fourth-order valence-corrected chi connectivity index (χ4v) is 2.94. The number of hydrogen-bond acceptors (Lipinski definition) is 2. The number of nitrogens with zero attached hydrogens (tertiary/aromatic N) is 2. The molecular weight excluding hydrogens is 307 g/mol. The lowest BCUT2D eigenvalue weighted by atomic mass is 10.2. The van der Waals surface area contributed by atoms with Crippen LogP contribution in [0.25, 0.3) is 16.7 Å². The van der Waals surface area contributed by atoms with Crippen LogP contribution < -0.4 is 4.74 Å². The van der Waals surface area contributed by atoms with Crippen molar-refractivity contribution in [3.05, 3.63) is 52.8 Å². The zero-order valence-electron chi connectivity index (χ0n) is 11.7. The van der Waals surface area contributed by atoms with E-state index in [1.807, 2.05) is 34.9 Å². The zero-order chi connectivity index (χ0) is 15.0. The smallest absolute Gasteiger partial charge is 0.137 e. The molecule has 108 valence electrons. The molecule has 2 aromatic carbocycles. The van der Waals surface area contributed by atoms with Gasteiger partial charge in [0.1, 0.15) is 11.6 Å². The first-order valence-electron chi connectivity index (χ1n) is 6.52. The fourth-order valence-electron chi connectivity index (χ4n) is 2.50. The molecule has 0 aliphatic heterocycles. The summed E-state index contributed by atoms with van der Waals surface area (Å²) in [6, 6.07) is 11.7. The predicted octanol–water partition coefficient (Wildman–Crippen LogP) is 4.73. The van der Waals surface area contributed by atoms with Gasteiger partial charge in [-0.15, -0.1) is 11.6 Å². The van der Waals surface area contributed by atoms with E-state index >= 15 is 0 Å². The minimum atomic E-state index is 0.331.